The van der Waals surface area contributed by atoms with Gasteiger partial charge in [0, 0.05) is 6.54 Å². The first-order valence-electron chi connectivity index (χ1n) is 9.15. The molecule has 2 saturated heterocycles. The largest absolute Gasteiger partial charge is 0.469 e. The van der Waals surface area contributed by atoms with Crippen LogP contribution in [0.25, 0.3) is 0 Å². The van der Waals surface area contributed by atoms with Crippen molar-refractivity contribution in [1.29, 1.82) is 0 Å². The van der Waals surface area contributed by atoms with Gasteiger partial charge in [-0.3, -0.25) is 4.79 Å². The van der Waals surface area contributed by atoms with Gasteiger partial charge in [-0.25, -0.2) is 0 Å². The smallest absolute Gasteiger partial charge is 0.306 e. The first-order chi connectivity index (χ1) is 10.7. The van der Waals surface area contributed by atoms with Gasteiger partial charge in [-0.2, -0.15) is 0 Å². The summed E-state index contributed by atoms with van der Waals surface area (Å²) in [4.78, 5) is 16.1. The van der Waals surface area contributed by atoms with Crippen molar-refractivity contribution in [2.24, 2.45) is 11.8 Å². The summed E-state index contributed by atoms with van der Waals surface area (Å²) in [5.74, 6) is 1.82. The highest BCUT2D eigenvalue weighted by Gasteiger charge is 2.21. The van der Waals surface area contributed by atoms with Crippen molar-refractivity contribution in [3.8, 4) is 0 Å². The Morgan fingerprint density at radius 3 is 2.09 bits per heavy atom. The molecule has 0 aliphatic carbocycles. The lowest BCUT2D eigenvalue weighted by atomic mass is 9.87. The standard InChI is InChI=1S/C18H34N2O2/c1-19-11-6-16(7-12-19)4-3-5-17-8-13-20(14-9-17)15-10-18(21)22-2/h16-17H,3-15H2,1-2H3. The van der Waals surface area contributed by atoms with Crippen LogP contribution in [0.2, 0.25) is 0 Å². The molecule has 22 heavy (non-hydrogen) atoms. The minimum Gasteiger partial charge on any atom is -0.469 e. The first-order valence-corrected chi connectivity index (χ1v) is 9.15. The molecule has 0 spiro atoms. The van der Waals surface area contributed by atoms with Crippen LogP contribution in [0.1, 0.15) is 51.4 Å². The predicted molar refractivity (Wildman–Crippen MR) is 89.9 cm³/mol. The normalized spacial score (nSPS) is 22.8. The van der Waals surface area contributed by atoms with Gasteiger partial charge < -0.3 is 14.5 Å². The summed E-state index contributed by atoms with van der Waals surface area (Å²) in [5.41, 5.74) is 0. The molecule has 0 aromatic heterocycles. The number of rotatable bonds is 7. The second kappa shape index (κ2) is 9.51. The molecule has 0 bridgehead atoms. The molecule has 2 aliphatic rings. The molecule has 0 N–H and O–H groups in total. The van der Waals surface area contributed by atoms with Gasteiger partial charge in [0.2, 0.25) is 0 Å². The predicted octanol–water partition coefficient (Wildman–Crippen LogP) is 2.77. The fourth-order valence-electron chi connectivity index (χ4n) is 3.90. The number of carbonyl (C=O) groups excluding carboxylic acids is 1. The molecule has 0 atom stereocenters. The molecule has 0 amide bonds. The van der Waals surface area contributed by atoms with E-state index in [1.165, 1.54) is 65.1 Å². The zero-order chi connectivity index (χ0) is 15.8. The summed E-state index contributed by atoms with van der Waals surface area (Å²) in [6, 6.07) is 0. The minimum absolute atomic E-state index is 0.0831. The minimum atomic E-state index is -0.0831. The van der Waals surface area contributed by atoms with E-state index in [0.29, 0.717) is 6.42 Å². The zero-order valence-corrected chi connectivity index (χ0v) is 14.6. The zero-order valence-electron chi connectivity index (χ0n) is 14.6. The number of hydrogen-bond donors (Lipinski definition) is 0. The van der Waals surface area contributed by atoms with E-state index in [-0.39, 0.29) is 5.97 Å². The molecule has 0 aromatic rings. The number of carbonyl (C=O) groups is 1. The first kappa shape index (κ1) is 17.7. The van der Waals surface area contributed by atoms with Crippen molar-refractivity contribution in [2.45, 2.75) is 51.4 Å². The molecular formula is C18H34N2O2. The molecule has 0 unspecified atom stereocenters. The Bertz CT molecular complexity index is 319. The molecule has 4 heteroatoms. The van der Waals surface area contributed by atoms with Crippen LogP contribution < -0.4 is 0 Å². The van der Waals surface area contributed by atoms with Crippen LogP contribution in [0.4, 0.5) is 0 Å². The molecule has 2 heterocycles. The van der Waals surface area contributed by atoms with Crippen molar-refractivity contribution in [3.05, 3.63) is 0 Å². The van der Waals surface area contributed by atoms with Crippen LogP contribution in [-0.4, -0.2) is 62.7 Å². The Labute approximate surface area is 136 Å². The van der Waals surface area contributed by atoms with E-state index in [4.69, 9.17) is 4.74 Å². The lowest BCUT2D eigenvalue weighted by molar-refractivity contribution is -0.141. The van der Waals surface area contributed by atoms with E-state index in [2.05, 4.69) is 16.8 Å². The monoisotopic (exact) mass is 310 g/mol. The van der Waals surface area contributed by atoms with Crippen molar-refractivity contribution in [1.82, 2.24) is 9.80 Å². The third kappa shape index (κ3) is 6.25. The van der Waals surface area contributed by atoms with Crippen LogP contribution in [0, 0.1) is 11.8 Å². The van der Waals surface area contributed by atoms with Crippen LogP contribution in [0.3, 0.4) is 0 Å². The van der Waals surface area contributed by atoms with E-state index < -0.39 is 0 Å². The summed E-state index contributed by atoms with van der Waals surface area (Å²) < 4.78 is 4.71. The van der Waals surface area contributed by atoms with E-state index in [0.717, 1.165) is 31.5 Å². The fourth-order valence-corrected chi connectivity index (χ4v) is 3.90. The van der Waals surface area contributed by atoms with Crippen LogP contribution in [-0.2, 0) is 9.53 Å². The van der Waals surface area contributed by atoms with Gasteiger partial charge in [-0.1, -0.05) is 19.3 Å². The quantitative estimate of drug-likeness (QED) is 0.677. The van der Waals surface area contributed by atoms with E-state index in [1.54, 1.807) is 0 Å². The van der Waals surface area contributed by atoms with Crippen molar-refractivity contribution in [2.75, 3.05) is 46.9 Å². The molecule has 0 saturated carbocycles. The van der Waals surface area contributed by atoms with Crippen molar-refractivity contribution < 1.29 is 9.53 Å². The van der Waals surface area contributed by atoms with Gasteiger partial charge in [0.15, 0.2) is 0 Å². The fraction of sp³-hybridized carbons (Fsp3) is 0.944. The van der Waals surface area contributed by atoms with Crippen LogP contribution in [0.15, 0.2) is 0 Å². The van der Waals surface area contributed by atoms with Gasteiger partial charge in [-0.15, -0.1) is 0 Å². The maximum absolute atomic E-state index is 11.2. The Balaban J connectivity index is 1.51. The molecule has 4 nitrogen and oxygen atoms in total. The second-order valence-electron chi connectivity index (χ2n) is 7.29. The topological polar surface area (TPSA) is 32.8 Å². The number of hydrogen-bond acceptors (Lipinski definition) is 4. The second-order valence-corrected chi connectivity index (χ2v) is 7.29. The highest BCUT2D eigenvalue weighted by molar-refractivity contribution is 5.69. The maximum atomic E-state index is 11.2. The van der Waals surface area contributed by atoms with Gasteiger partial charge >= 0.3 is 5.97 Å². The van der Waals surface area contributed by atoms with E-state index in [1.807, 2.05) is 0 Å². The van der Waals surface area contributed by atoms with Gasteiger partial charge in [0.25, 0.3) is 0 Å². The lowest BCUT2D eigenvalue weighted by Crippen LogP contribution is -2.35. The average molecular weight is 310 g/mol. The lowest BCUT2D eigenvalue weighted by Gasteiger charge is -2.32. The third-order valence-corrected chi connectivity index (χ3v) is 5.63. The Morgan fingerprint density at radius 1 is 1.00 bits per heavy atom. The number of piperidine rings is 2. The van der Waals surface area contributed by atoms with E-state index in [9.17, 15) is 4.79 Å². The molecule has 128 valence electrons. The summed E-state index contributed by atoms with van der Waals surface area (Å²) in [7, 11) is 3.71. The SMILES string of the molecule is COC(=O)CCN1CCC(CCCC2CCN(C)CC2)CC1. The van der Waals surface area contributed by atoms with Crippen molar-refractivity contribution >= 4 is 5.97 Å². The highest BCUT2D eigenvalue weighted by Crippen LogP contribution is 2.26. The number of esters is 1. The van der Waals surface area contributed by atoms with Gasteiger partial charge in [0.05, 0.1) is 13.5 Å². The summed E-state index contributed by atoms with van der Waals surface area (Å²) in [6.07, 6.45) is 10.3. The molecule has 0 aromatic carbocycles. The number of ether oxygens (including phenoxy) is 1. The van der Waals surface area contributed by atoms with Gasteiger partial charge in [-0.05, 0) is 70.7 Å². The number of likely N-dealkylation sites (tertiary alicyclic amines) is 2. The Hall–Kier alpha value is -0.610. The maximum Gasteiger partial charge on any atom is 0.306 e. The molecule has 0 radical (unpaired) electrons. The molecular weight excluding hydrogens is 276 g/mol. The third-order valence-electron chi connectivity index (χ3n) is 5.63. The molecule has 2 fully saturated rings. The van der Waals surface area contributed by atoms with Crippen molar-refractivity contribution in [3.63, 3.8) is 0 Å². The number of nitrogens with zero attached hydrogens (tertiary/aromatic N) is 2. The average Bonchev–Trinajstić information content (AvgIpc) is 2.55. The van der Waals surface area contributed by atoms with Crippen LogP contribution in [0.5, 0.6) is 0 Å². The van der Waals surface area contributed by atoms with Gasteiger partial charge in [0.1, 0.15) is 0 Å². The summed E-state index contributed by atoms with van der Waals surface area (Å²) in [6.45, 7) is 5.78. The Morgan fingerprint density at radius 2 is 1.55 bits per heavy atom. The highest BCUT2D eigenvalue weighted by atomic mass is 16.5. The number of methoxy groups -OCH3 is 1. The Kier molecular flexibility index (Phi) is 7.67. The molecule has 2 aliphatic heterocycles. The van der Waals surface area contributed by atoms with Crippen LogP contribution >= 0.6 is 0 Å². The summed E-state index contributed by atoms with van der Waals surface area (Å²) in [5, 5.41) is 0. The summed E-state index contributed by atoms with van der Waals surface area (Å²) >= 11 is 0. The molecule has 2 rings (SSSR count). The van der Waals surface area contributed by atoms with E-state index >= 15 is 0 Å².